The Labute approximate surface area is 111 Å². The van der Waals surface area contributed by atoms with E-state index in [-0.39, 0.29) is 0 Å². The van der Waals surface area contributed by atoms with Crippen molar-refractivity contribution in [2.45, 2.75) is 45.8 Å². The van der Waals surface area contributed by atoms with Gasteiger partial charge in [-0.2, -0.15) is 0 Å². The first-order valence-electron chi connectivity index (χ1n) is 6.63. The quantitative estimate of drug-likeness (QED) is 0.492. The Bertz CT molecular complexity index is 352. The van der Waals surface area contributed by atoms with Gasteiger partial charge < -0.3 is 9.47 Å². The van der Waals surface area contributed by atoms with Crippen molar-refractivity contribution < 1.29 is 9.47 Å². The van der Waals surface area contributed by atoms with Gasteiger partial charge in [0.05, 0.1) is 6.61 Å². The molecule has 0 spiro atoms. The Morgan fingerprint density at radius 1 is 1.17 bits per heavy atom. The zero-order valence-corrected chi connectivity index (χ0v) is 11.7. The summed E-state index contributed by atoms with van der Waals surface area (Å²) in [6, 6.07) is 7.84. The highest BCUT2D eigenvalue weighted by Gasteiger charge is 2.19. The van der Waals surface area contributed by atoms with Gasteiger partial charge in [-0.25, -0.2) is 0 Å². The van der Waals surface area contributed by atoms with Crippen LogP contribution < -0.4 is 4.74 Å². The Hall–Kier alpha value is -1.28. The van der Waals surface area contributed by atoms with Crippen LogP contribution >= 0.6 is 0 Å². The van der Waals surface area contributed by atoms with Crippen LogP contribution in [0, 0.1) is 0 Å². The van der Waals surface area contributed by atoms with Crippen molar-refractivity contribution in [2.75, 3.05) is 6.61 Å². The summed E-state index contributed by atoms with van der Waals surface area (Å²) in [6.45, 7) is 10.5. The van der Waals surface area contributed by atoms with Gasteiger partial charge in [0.1, 0.15) is 5.75 Å². The van der Waals surface area contributed by atoms with Crippen molar-refractivity contribution in [3.05, 3.63) is 36.4 Å². The summed E-state index contributed by atoms with van der Waals surface area (Å²) in [5.74, 6) is 0.241. The van der Waals surface area contributed by atoms with Crippen molar-refractivity contribution in [2.24, 2.45) is 0 Å². The van der Waals surface area contributed by atoms with E-state index in [9.17, 15) is 0 Å². The van der Waals surface area contributed by atoms with Crippen molar-refractivity contribution in [3.63, 3.8) is 0 Å². The van der Waals surface area contributed by atoms with Gasteiger partial charge >= 0.3 is 0 Å². The van der Waals surface area contributed by atoms with E-state index in [1.807, 2.05) is 44.2 Å². The van der Waals surface area contributed by atoms with Gasteiger partial charge in [0.15, 0.2) is 0 Å². The second-order valence-electron chi connectivity index (χ2n) is 4.83. The van der Waals surface area contributed by atoms with Gasteiger partial charge in [0.25, 0.3) is 0 Å². The molecule has 0 aromatic heterocycles. The van der Waals surface area contributed by atoms with Gasteiger partial charge in [0, 0.05) is 13.8 Å². The van der Waals surface area contributed by atoms with E-state index in [1.165, 1.54) is 12.8 Å². The molecule has 18 heavy (non-hydrogen) atoms. The van der Waals surface area contributed by atoms with Crippen molar-refractivity contribution >= 4 is 6.08 Å². The molecule has 2 heteroatoms. The third-order valence-corrected chi connectivity index (χ3v) is 2.68. The second kappa shape index (κ2) is 7.22. The Morgan fingerprint density at radius 2 is 1.83 bits per heavy atom. The fourth-order valence-corrected chi connectivity index (χ4v) is 1.66. The Kier molecular flexibility index (Phi) is 5.93. The van der Waals surface area contributed by atoms with Gasteiger partial charge in [-0.3, -0.25) is 0 Å². The number of rotatable bonds is 8. The number of hydrogen-bond donors (Lipinski definition) is 0. The van der Waals surface area contributed by atoms with Gasteiger partial charge in [-0.1, -0.05) is 44.6 Å². The standard InChI is InChI=1S/C16H24O2/c1-5-7-8-13-17-16(3,4)18-15-11-9-14(6-2)10-12-15/h6,9-12H,2,5,7-8,13H2,1,3-4H3. The van der Waals surface area contributed by atoms with Crippen LogP contribution in [0.3, 0.4) is 0 Å². The molecule has 0 fully saturated rings. The average Bonchev–Trinajstić information content (AvgIpc) is 2.35. The lowest BCUT2D eigenvalue weighted by molar-refractivity contribution is -0.156. The number of hydrogen-bond acceptors (Lipinski definition) is 2. The van der Waals surface area contributed by atoms with Crippen LogP contribution in [0.4, 0.5) is 0 Å². The molecule has 1 aromatic rings. The van der Waals surface area contributed by atoms with E-state index >= 15 is 0 Å². The molecule has 0 saturated carbocycles. The van der Waals surface area contributed by atoms with E-state index in [4.69, 9.17) is 9.47 Å². The molecule has 0 N–H and O–H groups in total. The predicted octanol–water partition coefficient (Wildman–Crippen LogP) is 4.65. The molecule has 0 saturated heterocycles. The van der Waals surface area contributed by atoms with Crippen LogP contribution in [-0.2, 0) is 4.74 Å². The fraction of sp³-hybridized carbons (Fsp3) is 0.500. The lowest BCUT2D eigenvalue weighted by atomic mass is 10.2. The monoisotopic (exact) mass is 248 g/mol. The summed E-state index contributed by atoms with van der Waals surface area (Å²) in [6.07, 6.45) is 5.30. The number of ether oxygens (including phenoxy) is 2. The topological polar surface area (TPSA) is 18.5 Å². The molecule has 0 radical (unpaired) electrons. The molecule has 0 amide bonds. The first-order chi connectivity index (χ1) is 8.57. The highest BCUT2D eigenvalue weighted by Crippen LogP contribution is 2.20. The van der Waals surface area contributed by atoms with Crippen LogP contribution in [0.5, 0.6) is 5.75 Å². The zero-order chi connectivity index (χ0) is 13.4. The van der Waals surface area contributed by atoms with E-state index in [0.29, 0.717) is 0 Å². The molecule has 2 nitrogen and oxygen atoms in total. The summed E-state index contributed by atoms with van der Waals surface area (Å²) >= 11 is 0. The molecule has 0 unspecified atom stereocenters. The molecule has 1 aromatic carbocycles. The maximum Gasteiger partial charge on any atom is 0.204 e. The minimum Gasteiger partial charge on any atom is -0.463 e. The molecule has 0 aliphatic rings. The van der Waals surface area contributed by atoms with E-state index < -0.39 is 5.79 Å². The number of benzene rings is 1. The normalized spacial score (nSPS) is 11.3. The highest BCUT2D eigenvalue weighted by molar-refractivity contribution is 5.48. The number of unbranched alkanes of at least 4 members (excludes halogenated alkanes) is 2. The Balaban J connectivity index is 2.45. The van der Waals surface area contributed by atoms with Gasteiger partial charge in [0.2, 0.25) is 5.79 Å². The van der Waals surface area contributed by atoms with Crippen LogP contribution in [-0.4, -0.2) is 12.4 Å². The minimum atomic E-state index is -0.580. The SMILES string of the molecule is C=Cc1ccc(OC(C)(C)OCCCCC)cc1. The molecule has 0 heterocycles. The minimum absolute atomic E-state index is 0.580. The molecule has 0 atom stereocenters. The fourth-order valence-electron chi connectivity index (χ4n) is 1.66. The Morgan fingerprint density at radius 3 is 2.39 bits per heavy atom. The lowest BCUT2D eigenvalue weighted by Gasteiger charge is -2.26. The summed E-state index contributed by atoms with van der Waals surface area (Å²) in [5, 5.41) is 0. The van der Waals surface area contributed by atoms with Crippen LogP contribution in [0.2, 0.25) is 0 Å². The summed E-state index contributed by atoms with van der Waals surface area (Å²) in [4.78, 5) is 0. The summed E-state index contributed by atoms with van der Waals surface area (Å²) in [7, 11) is 0. The molecular weight excluding hydrogens is 224 g/mol. The smallest absolute Gasteiger partial charge is 0.204 e. The van der Waals surface area contributed by atoms with E-state index in [0.717, 1.165) is 24.3 Å². The highest BCUT2D eigenvalue weighted by atomic mass is 16.7. The second-order valence-corrected chi connectivity index (χ2v) is 4.83. The van der Waals surface area contributed by atoms with Crippen LogP contribution in [0.15, 0.2) is 30.8 Å². The molecular formula is C16H24O2. The predicted molar refractivity (Wildman–Crippen MR) is 76.7 cm³/mol. The van der Waals surface area contributed by atoms with E-state index in [1.54, 1.807) is 0 Å². The molecule has 0 aliphatic carbocycles. The molecule has 0 aliphatic heterocycles. The summed E-state index contributed by atoms with van der Waals surface area (Å²) < 4.78 is 11.6. The lowest BCUT2D eigenvalue weighted by Crippen LogP contribution is -2.32. The zero-order valence-electron chi connectivity index (χ0n) is 11.7. The van der Waals surface area contributed by atoms with Crippen molar-refractivity contribution in [3.8, 4) is 5.75 Å². The molecule has 1 rings (SSSR count). The van der Waals surface area contributed by atoms with Crippen molar-refractivity contribution in [1.29, 1.82) is 0 Å². The van der Waals surface area contributed by atoms with Gasteiger partial charge in [-0.15, -0.1) is 0 Å². The van der Waals surface area contributed by atoms with Crippen LogP contribution in [0.1, 0.15) is 45.6 Å². The summed E-state index contributed by atoms with van der Waals surface area (Å²) in [5.41, 5.74) is 1.09. The maximum atomic E-state index is 5.83. The largest absolute Gasteiger partial charge is 0.463 e. The van der Waals surface area contributed by atoms with Gasteiger partial charge in [-0.05, 0) is 24.1 Å². The third-order valence-electron chi connectivity index (χ3n) is 2.68. The van der Waals surface area contributed by atoms with Crippen LogP contribution in [0.25, 0.3) is 6.08 Å². The maximum absolute atomic E-state index is 5.83. The first kappa shape index (κ1) is 14.8. The third kappa shape index (κ3) is 5.37. The molecule has 0 bridgehead atoms. The van der Waals surface area contributed by atoms with Crippen molar-refractivity contribution in [1.82, 2.24) is 0 Å². The average molecular weight is 248 g/mol. The van der Waals surface area contributed by atoms with E-state index in [2.05, 4.69) is 13.5 Å². The first-order valence-corrected chi connectivity index (χ1v) is 6.63. The molecule has 100 valence electrons.